The lowest BCUT2D eigenvalue weighted by atomic mass is 10.2. The van der Waals surface area contributed by atoms with Crippen molar-refractivity contribution >= 4 is 58.0 Å². The van der Waals surface area contributed by atoms with Gasteiger partial charge in [-0.2, -0.15) is 0 Å². The number of halogens is 6. The van der Waals surface area contributed by atoms with Crippen molar-refractivity contribution in [3.63, 3.8) is 0 Å². The first kappa shape index (κ1) is 14.4. The Morgan fingerprint density at radius 2 is 1.20 bits per heavy atom. The summed E-state index contributed by atoms with van der Waals surface area (Å²) < 4.78 is 24.4. The molecular formula is C12H2Cl5FO2. The fourth-order valence-corrected chi connectivity index (χ4v) is 2.77. The first-order chi connectivity index (χ1) is 9.41. The fraction of sp³-hybridized carbons (Fsp3) is 0. The molecule has 104 valence electrons. The number of fused-ring (bicyclic) bond motifs is 2. The molecule has 0 spiro atoms. The third-order valence-electron chi connectivity index (χ3n) is 2.61. The Hall–Kier alpha value is -0.580. The molecule has 1 aliphatic rings. The van der Waals surface area contributed by atoms with Gasteiger partial charge in [-0.05, 0) is 12.1 Å². The van der Waals surface area contributed by atoms with Crippen LogP contribution < -0.4 is 9.47 Å². The van der Waals surface area contributed by atoms with Crippen molar-refractivity contribution in [2.75, 3.05) is 0 Å². The summed E-state index contributed by atoms with van der Waals surface area (Å²) in [6.07, 6.45) is 0. The van der Waals surface area contributed by atoms with Gasteiger partial charge in [-0.15, -0.1) is 0 Å². The van der Waals surface area contributed by atoms with E-state index in [1.165, 1.54) is 6.07 Å². The lowest BCUT2D eigenvalue weighted by molar-refractivity contribution is 0.357. The number of ether oxygens (including phenoxy) is 2. The zero-order valence-electron chi connectivity index (χ0n) is 9.24. The Balaban J connectivity index is 2.26. The largest absolute Gasteiger partial charge is 0.448 e. The molecule has 0 amide bonds. The summed E-state index contributed by atoms with van der Waals surface area (Å²) >= 11 is 29.8. The average Bonchev–Trinajstić information content (AvgIpc) is 2.45. The molecular weight excluding hydrogens is 372 g/mol. The van der Waals surface area contributed by atoms with Crippen LogP contribution in [0.4, 0.5) is 4.39 Å². The van der Waals surface area contributed by atoms with Crippen molar-refractivity contribution in [3.8, 4) is 23.0 Å². The summed E-state index contributed by atoms with van der Waals surface area (Å²) in [4.78, 5) is 0. The van der Waals surface area contributed by atoms with E-state index in [1.807, 2.05) is 0 Å². The number of hydrogen-bond donors (Lipinski definition) is 0. The molecule has 1 aliphatic heterocycles. The summed E-state index contributed by atoms with van der Waals surface area (Å²) in [6, 6.07) is 2.49. The molecule has 0 saturated heterocycles. The Morgan fingerprint density at radius 3 is 1.80 bits per heavy atom. The van der Waals surface area contributed by atoms with Crippen LogP contribution in [0.25, 0.3) is 0 Å². The molecule has 3 rings (SSSR count). The molecule has 0 bridgehead atoms. The maximum atomic E-state index is 13.4. The van der Waals surface area contributed by atoms with Gasteiger partial charge in [0.1, 0.15) is 20.9 Å². The molecule has 0 aliphatic carbocycles. The molecule has 0 radical (unpaired) electrons. The molecule has 2 aromatic rings. The van der Waals surface area contributed by atoms with Crippen LogP contribution in [0, 0.1) is 5.82 Å². The van der Waals surface area contributed by atoms with Crippen molar-refractivity contribution < 1.29 is 13.9 Å². The second-order valence-electron chi connectivity index (χ2n) is 3.81. The maximum absolute atomic E-state index is 13.4. The van der Waals surface area contributed by atoms with E-state index < -0.39 is 5.82 Å². The van der Waals surface area contributed by atoms with E-state index in [0.717, 1.165) is 6.07 Å². The minimum Gasteiger partial charge on any atom is -0.448 e. The second kappa shape index (κ2) is 5.00. The highest BCUT2D eigenvalue weighted by Crippen LogP contribution is 2.58. The van der Waals surface area contributed by atoms with Crippen LogP contribution in [0.1, 0.15) is 0 Å². The highest BCUT2D eigenvalue weighted by molar-refractivity contribution is 6.53. The Morgan fingerprint density at radius 1 is 0.650 bits per heavy atom. The first-order valence-electron chi connectivity index (χ1n) is 5.11. The lowest BCUT2D eigenvalue weighted by Crippen LogP contribution is -2.02. The molecule has 8 heteroatoms. The van der Waals surface area contributed by atoms with Crippen LogP contribution in [-0.2, 0) is 0 Å². The minimum atomic E-state index is -0.653. The van der Waals surface area contributed by atoms with Crippen LogP contribution in [-0.4, -0.2) is 0 Å². The summed E-state index contributed by atoms with van der Waals surface area (Å²) in [5.74, 6) is -0.331. The maximum Gasteiger partial charge on any atom is 0.191 e. The Bertz CT molecular complexity index is 748. The third-order valence-corrected chi connectivity index (χ3v) is 4.73. The van der Waals surface area contributed by atoms with Crippen molar-refractivity contribution in [3.05, 3.63) is 43.1 Å². The van der Waals surface area contributed by atoms with Gasteiger partial charge in [-0.25, -0.2) is 4.39 Å². The van der Waals surface area contributed by atoms with E-state index in [9.17, 15) is 4.39 Å². The van der Waals surface area contributed by atoms with E-state index in [0.29, 0.717) is 0 Å². The first-order valence-corrected chi connectivity index (χ1v) is 7.00. The van der Waals surface area contributed by atoms with Crippen LogP contribution in [0.15, 0.2) is 12.1 Å². The zero-order valence-corrected chi connectivity index (χ0v) is 13.0. The van der Waals surface area contributed by atoms with Crippen LogP contribution in [0.3, 0.4) is 0 Å². The summed E-state index contributed by atoms with van der Waals surface area (Å²) in [7, 11) is 0. The molecule has 0 aromatic heterocycles. The third kappa shape index (κ3) is 2.00. The van der Waals surface area contributed by atoms with Gasteiger partial charge in [-0.3, -0.25) is 0 Å². The number of rotatable bonds is 0. The van der Waals surface area contributed by atoms with Crippen LogP contribution >= 0.6 is 58.0 Å². The monoisotopic (exact) mass is 372 g/mol. The van der Waals surface area contributed by atoms with Gasteiger partial charge in [0.25, 0.3) is 0 Å². The van der Waals surface area contributed by atoms with Gasteiger partial charge in [0.15, 0.2) is 23.0 Å². The summed E-state index contributed by atoms with van der Waals surface area (Å²) in [5, 5.41) is -0.135. The molecule has 0 unspecified atom stereocenters. The van der Waals surface area contributed by atoms with E-state index >= 15 is 0 Å². The van der Waals surface area contributed by atoms with Crippen molar-refractivity contribution in [1.29, 1.82) is 0 Å². The number of benzene rings is 2. The SMILES string of the molecule is Fc1ccc2c(c1Cl)Oc1c(Cl)c(Cl)c(Cl)c(Cl)c1O2. The van der Waals surface area contributed by atoms with Crippen molar-refractivity contribution in [2.45, 2.75) is 0 Å². The Kier molecular flexibility index (Phi) is 3.59. The lowest BCUT2D eigenvalue weighted by Gasteiger charge is -2.24. The molecule has 0 atom stereocenters. The highest BCUT2D eigenvalue weighted by Gasteiger charge is 2.30. The van der Waals surface area contributed by atoms with E-state index in [1.54, 1.807) is 0 Å². The smallest absolute Gasteiger partial charge is 0.191 e. The average molecular weight is 374 g/mol. The predicted octanol–water partition coefficient (Wildman–Crippen LogP) is 6.99. The molecule has 2 nitrogen and oxygen atoms in total. The summed E-state index contributed by atoms with van der Waals surface area (Å²) in [6.45, 7) is 0. The van der Waals surface area contributed by atoms with Gasteiger partial charge >= 0.3 is 0 Å². The zero-order chi connectivity index (χ0) is 14.6. The predicted molar refractivity (Wildman–Crippen MR) is 78.0 cm³/mol. The highest BCUT2D eigenvalue weighted by atomic mass is 35.5. The normalized spacial score (nSPS) is 12.3. The molecule has 0 saturated carbocycles. The van der Waals surface area contributed by atoms with Crippen LogP contribution in [0.5, 0.6) is 23.0 Å². The summed E-state index contributed by atoms with van der Waals surface area (Å²) in [5.41, 5.74) is 0. The minimum absolute atomic E-state index is 0.00189. The quantitative estimate of drug-likeness (QED) is 0.312. The van der Waals surface area contributed by atoms with E-state index in [2.05, 4.69) is 0 Å². The van der Waals surface area contributed by atoms with E-state index in [4.69, 9.17) is 67.5 Å². The van der Waals surface area contributed by atoms with Crippen molar-refractivity contribution in [1.82, 2.24) is 0 Å². The number of hydrogen-bond acceptors (Lipinski definition) is 2. The molecule has 2 aromatic carbocycles. The standard InChI is InChI=1S/C12H2Cl5FO2/c13-5-3(18)1-2-4-10(5)20-12-9(17)7(15)6(14)8(16)11(12)19-4/h1-2H. The Labute approximate surface area is 137 Å². The van der Waals surface area contributed by atoms with Gasteiger partial charge in [0.2, 0.25) is 0 Å². The molecule has 0 fully saturated rings. The topological polar surface area (TPSA) is 18.5 Å². The second-order valence-corrected chi connectivity index (χ2v) is 5.70. The van der Waals surface area contributed by atoms with E-state index in [-0.39, 0.29) is 48.1 Å². The van der Waals surface area contributed by atoms with Gasteiger partial charge in [0.05, 0.1) is 10.0 Å². The van der Waals surface area contributed by atoms with Gasteiger partial charge in [0, 0.05) is 0 Å². The molecule has 1 heterocycles. The van der Waals surface area contributed by atoms with Gasteiger partial charge < -0.3 is 9.47 Å². The van der Waals surface area contributed by atoms with Crippen molar-refractivity contribution in [2.24, 2.45) is 0 Å². The van der Waals surface area contributed by atoms with Gasteiger partial charge in [-0.1, -0.05) is 58.0 Å². The fourth-order valence-electron chi connectivity index (χ4n) is 1.68. The molecule has 0 N–H and O–H groups in total. The molecule has 20 heavy (non-hydrogen) atoms. The van der Waals surface area contributed by atoms with Crippen LogP contribution in [0.2, 0.25) is 25.1 Å².